The minimum Gasteiger partial charge on any atom is -0.390 e. The topological polar surface area (TPSA) is 47.0 Å². The third-order valence-electron chi connectivity index (χ3n) is 5.83. The molecule has 0 aromatic heterocycles. The number of hydrogen-bond acceptors (Lipinski definition) is 4. The first kappa shape index (κ1) is 19.7. The summed E-state index contributed by atoms with van der Waals surface area (Å²) in [6, 6.07) is 0. The summed E-state index contributed by atoms with van der Waals surface area (Å²) in [7, 11) is 0. The van der Waals surface area contributed by atoms with Gasteiger partial charge in [0.1, 0.15) is 0 Å². The van der Waals surface area contributed by atoms with Crippen LogP contribution in [0.3, 0.4) is 0 Å². The lowest BCUT2D eigenvalue weighted by Crippen LogP contribution is -2.47. The van der Waals surface area contributed by atoms with E-state index in [0.29, 0.717) is 5.91 Å². The van der Waals surface area contributed by atoms with Crippen LogP contribution in [-0.2, 0) is 4.79 Å². The zero-order valence-electron chi connectivity index (χ0n) is 15.9. The van der Waals surface area contributed by atoms with E-state index in [0.717, 1.165) is 71.1 Å². The summed E-state index contributed by atoms with van der Waals surface area (Å²) in [5, 5.41) is 10.4. The molecule has 2 fully saturated rings. The SMILES string of the molecule is CCN(CC)C(=O)C1CCN(CC(O)CN2CCC(C)CC2)CC1. The standard InChI is InChI=1S/C19H37N3O2/c1-4-22(5-2)19(24)17-8-12-21(13-9-17)15-18(23)14-20-10-6-16(3)7-11-20/h16-18,23H,4-15H2,1-3H3. The smallest absolute Gasteiger partial charge is 0.225 e. The van der Waals surface area contributed by atoms with Crippen LogP contribution in [0.4, 0.5) is 0 Å². The van der Waals surface area contributed by atoms with E-state index >= 15 is 0 Å². The molecule has 2 rings (SSSR count). The maximum Gasteiger partial charge on any atom is 0.225 e. The van der Waals surface area contributed by atoms with Gasteiger partial charge in [0.2, 0.25) is 5.91 Å². The van der Waals surface area contributed by atoms with Crippen molar-refractivity contribution in [2.75, 3.05) is 52.4 Å². The van der Waals surface area contributed by atoms with Crippen LogP contribution < -0.4 is 0 Å². The quantitative estimate of drug-likeness (QED) is 0.766. The van der Waals surface area contributed by atoms with Crippen LogP contribution in [0.25, 0.3) is 0 Å². The molecule has 2 aliphatic rings. The van der Waals surface area contributed by atoms with Crippen LogP contribution in [0.1, 0.15) is 46.5 Å². The van der Waals surface area contributed by atoms with Gasteiger partial charge in [-0.1, -0.05) is 6.92 Å². The number of rotatable bonds is 7. The van der Waals surface area contributed by atoms with Crippen molar-refractivity contribution < 1.29 is 9.90 Å². The van der Waals surface area contributed by atoms with Crippen LogP contribution >= 0.6 is 0 Å². The first-order chi connectivity index (χ1) is 11.5. The van der Waals surface area contributed by atoms with E-state index in [-0.39, 0.29) is 12.0 Å². The molecule has 0 spiro atoms. The second-order valence-electron chi connectivity index (χ2n) is 7.72. The highest BCUT2D eigenvalue weighted by Crippen LogP contribution is 2.20. The Morgan fingerprint density at radius 3 is 1.92 bits per heavy atom. The molecule has 1 N–H and O–H groups in total. The van der Waals surface area contributed by atoms with Crippen molar-refractivity contribution in [3.63, 3.8) is 0 Å². The summed E-state index contributed by atoms with van der Waals surface area (Å²) >= 11 is 0. The Morgan fingerprint density at radius 2 is 1.46 bits per heavy atom. The Kier molecular flexibility index (Phi) is 7.98. The molecule has 5 heteroatoms. The van der Waals surface area contributed by atoms with Crippen molar-refractivity contribution in [3.05, 3.63) is 0 Å². The third kappa shape index (κ3) is 5.71. The van der Waals surface area contributed by atoms with Gasteiger partial charge in [-0.05, 0) is 71.6 Å². The summed E-state index contributed by atoms with van der Waals surface area (Å²) in [6.07, 6.45) is 4.11. The van der Waals surface area contributed by atoms with Gasteiger partial charge in [0.15, 0.2) is 0 Å². The van der Waals surface area contributed by atoms with Crippen molar-refractivity contribution in [2.45, 2.75) is 52.6 Å². The average molecular weight is 340 g/mol. The van der Waals surface area contributed by atoms with Crippen molar-refractivity contribution >= 4 is 5.91 Å². The van der Waals surface area contributed by atoms with Crippen molar-refractivity contribution in [1.82, 2.24) is 14.7 Å². The largest absolute Gasteiger partial charge is 0.390 e. The summed E-state index contributed by atoms with van der Waals surface area (Å²) < 4.78 is 0. The number of aliphatic hydroxyl groups is 1. The molecule has 0 aromatic rings. The van der Waals surface area contributed by atoms with E-state index in [2.05, 4.69) is 16.7 Å². The number of likely N-dealkylation sites (tertiary alicyclic amines) is 2. The molecule has 2 saturated heterocycles. The molecule has 0 saturated carbocycles. The lowest BCUT2D eigenvalue weighted by atomic mass is 9.95. The molecule has 1 atom stereocenters. The molecule has 2 aliphatic heterocycles. The normalized spacial score (nSPS) is 23.3. The van der Waals surface area contributed by atoms with Crippen LogP contribution in [0, 0.1) is 11.8 Å². The zero-order valence-corrected chi connectivity index (χ0v) is 15.9. The Labute approximate surface area is 148 Å². The van der Waals surface area contributed by atoms with Gasteiger partial charge in [0, 0.05) is 32.1 Å². The highest BCUT2D eigenvalue weighted by molar-refractivity contribution is 5.78. The van der Waals surface area contributed by atoms with E-state index in [4.69, 9.17) is 0 Å². The third-order valence-corrected chi connectivity index (χ3v) is 5.83. The van der Waals surface area contributed by atoms with Crippen LogP contribution in [0.2, 0.25) is 0 Å². The fourth-order valence-electron chi connectivity index (χ4n) is 4.05. The van der Waals surface area contributed by atoms with Crippen molar-refractivity contribution in [3.8, 4) is 0 Å². The molecule has 5 nitrogen and oxygen atoms in total. The number of piperidine rings is 2. The summed E-state index contributed by atoms with van der Waals surface area (Å²) in [5.74, 6) is 1.34. The Hall–Kier alpha value is -0.650. The molecule has 1 amide bonds. The Bertz CT molecular complexity index is 371. The van der Waals surface area contributed by atoms with E-state index in [1.165, 1.54) is 12.8 Å². The first-order valence-electron chi connectivity index (χ1n) is 9.95. The summed E-state index contributed by atoms with van der Waals surface area (Å²) in [5.41, 5.74) is 0. The number of β-amino-alcohol motifs (C(OH)–C–C–N with tert-alkyl or cyclic N) is 1. The van der Waals surface area contributed by atoms with Gasteiger partial charge in [-0.15, -0.1) is 0 Å². The van der Waals surface area contributed by atoms with Crippen LogP contribution in [0.5, 0.6) is 0 Å². The molecular formula is C19H37N3O2. The highest BCUT2D eigenvalue weighted by atomic mass is 16.3. The molecule has 24 heavy (non-hydrogen) atoms. The number of carbonyl (C=O) groups excluding carboxylic acids is 1. The lowest BCUT2D eigenvalue weighted by molar-refractivity contribution is -0.136. The Morgan fingerprint density at radius 1 is 1.00 bits per heavy atom. The zero-order chi connectivity index (χ0) is 17.5. The van der Waals surface area contributed by atoms with E-state index in [9.17, 15) is 9.90 Å². The molecule has 0 aromatic carbocycles. The fraction of sp³-hybridized carbons (Fsp3) is 0.947. The van der Waals surface area contributed by atoms with Gasteiger partial charge in [-0.25, -0.2) is 0 Å². The maximum absolute atomic E-state index is 12.4. The van der Waals surface area contributed by atoms with E-state index in [1.54, 1.807) is 0 Å². The van der Waals surface area contributed by atoms with Gasteiger partial charge in [0.25, 0.3) is 0 Å². The minimum absolute atomic E-state index is 0.182. The van der Waals surface area contributed by atoms with Gasteiger partial charge in [-0.2, -0.15) is 0 Å². The summed E-state index contributed by atoms with van der Waals surface area (Å²) in [6.45, 7) is 13.7. The van der Waals surface area contributed by atoms with Gasteiger partial charge in [0.05, 0.1) is 6.10 Å². The molecule has 140 valence electrons. The lowest BCUT2D eigenvalue weighted by Gasteiger charge is -2.36. The number of aliphatic hydroxyl groups excluding tert-OH is 1. The molecule has 0 bridgehead atoms. The predicted molar refractivity (Wildman–Crippen MR) is 97.9 cm³/mol. The predicted octanol–water partition coefficient (Wildman–Crippen LogP) is 1.66. The van der Waals surface area contributed by atoms with Gasteiger partial charge in [-0.3, -0.25) is 4.79 Å². The van der Waals surface area contributed by atoms with Crippen molar-refractivity contribution in [2.24, 2.45) is 11.8 Å². The minimum atomic E-state index is -0.270. The second-order valence-corrected chi connectivity index (χ2v) is 7.72. The number of carbonyl (C=O) groups is 1. The molecule has 0 radical (unpaired) electrons. The van der Waals surface area contributed by atoms with Crippen LogP contribution in [-0.4, -0.2) is 84.2 Å². The molecular weight excluding hydrogens is 302 g/mol. The van der Waals surface area contributed by atoms with E-state index < -0.39 is 0 Å². The first-order valence-corrected chi connectivity index (χ1v) is 9.95. The number of nitrogens with zero attached hydrogens (tertiary/aromatic N) is 3. The van der Waals surface area contributed by atoms with Gasteiger partial charge < -0.3 is 19.8 Å². The number of amides is 1. The molecule has 2 heterocycles. The van der Waals surface area contributed by atoms with Crippen LogP contribution in [0.15, 0.2) is 0 Å². The van der Waals surface area contributed by atoms with Crippen molar-refractivity contribution in [1.29, 1.82) is 0 Å². The molecule has 0 aliphatic carbocycles. The number of hydrogen-bond donors (Lipinski definition) is 1. The maximum atomic E-state index is 12.4. The summed E-state index contributed by atoms with van der Waals surface area (Å²) in [4.78, 5) is 19.1. The highest BCUT2D eigenvalue weighted by Gasteiger charge is 2.28. The van der Waals surface area contributed by atoms with Gasteiger partial charge >= 0.3 is 0 Å². The average Bonchev–Trinajstić information content (AvgIpc) is 2.58. The molecule has 1 unspecified atom stereocenters. The Balaban J connectivity index is 1.68. The van der Waals surface area contributed by atoms with E-state index in [1.807, 2.05) is 18.7 Å². The second kappa shape index (κ2) is 9.73. The fourth-order valence-corrected chi connectivity index (χ4v) is 4.05. The monoisotopic (exact) mass is 339 g/mol.